The van der Waals surface area contributed by atoms with Crippen molar-refractivity contribution in [2.24, 2.45) is 5.73 Å². The van der Waals surface area contributed by atoms with Crippen molar-refractivity contribution in [2.45, 2.75) is 39.0 Å². The van der Waals surface area contributed by atoms with Crippen LogP contribution in [-0.2, 0) is 11.3 Å². The van der Waals surface area contributed by atoms with Crippen LogP contribution in [0.25, 0.3) is 0 Å². The Balaban J connectivity index is 2.19. The number of aromatic nitrogens is 2. The molecule has 2 rings (SSSR count). The van der Waals surface area contributed by atoms with Crippen molar-refractivity contribution in [3.8, 4) is 0 Å². The third kappa shape index (κ3) is 3.46. The Morgan fingerprint density at radius 1 is 1.20 bits per heavy atom. The summed E-state index contributed by atoms with van der Waals surface area (Å²) >= 11 is 0. The molecule has 0 aliphatic rings. The van der Waals surface area contributed by atoms with Crippen LogP contribution in [0.1, 0.15) is 43.5 Å². The summed E-state index contributed by atoms with van der Waals surface area (Å²) in [6, 6.07) is 9.91. The quantitative estimate of drug-likeness (QED) is 0.843. The van der Waals surface area contributed by atoms with Crippen molar-refractivity contribution < 1.29 is 4.74 Å². The van der Waals surface area contributed by atoms with Gasteiger partial charge in [0.15, 0.2) is 0 Å². The van der Waals surface area contributed by atoms with Crippen molar-refractivity contribution in [1.29, 1.82) is 0 Å². The summed E-state index contributed by atoms with van der Waals surface area (Å²) in [5.41, 5.74) is 8.51. The number of rotatable bonds is 7. The van der Waals surface area contributed by atoms with Gasteiger partial charge in [-0.2, -0.15) is 5.10 Å². The molecule has 2 unspecified atom stereocenters. The van der Waals surface area contributed by atoms with Crippen molar-refractivity contribution in [3.05, 3.63) is 53.9 Å². The average Bonchev–Trinajstić information content (AvgIpc) is 2.94. The van der Waals surface area contributed by atoms with Gasteiger partial charge in [0.2, 0.25) is 0 Å². The van der Waals surface area contributed by atoms with Crippen LogP contribution in [-0.4, -0.2) is 16.4 Å². The highest BCUT2D eigenvalue weighted by Crippen LogP contribution is 2.29. The molecule has 1 aromatic carbocycles. The van der Waals surface area contributed by atoms with Crippen molar-refractivity contribution in [1.82, 2.24) is 9.78 Å². The lowest BCUT2D eigenvalue weighted by molar-refractivity contribution is 0.0429. The molecule has 1 aromatic heterocycles. The van der Waals surface area contributed by atoms with Crippen LogP contribution in [0.4, 0.5) is 0 Å². The Bertz CT molecular complexity index is 509. The fourth-order valence-electron chi connectivity index (χ4n) is 2.31. The standard InChI is InChI=1S/C16H23N3O/c1-3-10-19-12-14(11-18-19)15(17)16(20-4-2)13-8-6-5-7-9-13/h5-9,11-12,15-16H,3-4,10,17H2,1-2H3. The van der Waals surface area contributed by atoms with Crippen LogP contribution in [0.15, 0.2) is 42.7 Å². The maximum atomic E-state index is 6.39. The van der Waals surface area contributed by atoms with Gasteiger partial charge in [-0.1, -0.05) is 37.3 Å². The van der Waals surface area contributed by atoms with E-state index in [1.807, 2.05) is 42.2 Å². The first-order valence-electron chi connectivity index (χ1n) is 7.20. The SMILES string of the molecule is CCCn1cc(C(N)C(OCC)c2ccccc2)cn1. The fraction of sp³-hybridized carbons (Fsp3) is 0.438. The van der Waals surface area contributed by atoms with Crippen molar-refractivity contribution in [2.75, 3.05) is 6.61 Å². The molecule has 20 heavy (non-hydrogen) atoms. The zero-order chi connectivity index (χ0) is 14.4. The van der Waals surface area contributed by atoms with Crippen molar-refractivity contribution in [3.63, 3.8) is 0 Å². The molecule has 1 heterocycles. The Hall–Kier alpha value is -1.65. The van der Waals surface area contributed by atoms with Gasteiger partial charge in [0, 0.05) is 24.9 Å². The molecule has 0 radical (unpaired) electrons. The van der Waals surface area contributed by atoms with E-state index in [0.717, 1.165) is 24.1 Å². The number of hydrogen-bond donors (Lipinski definition) is 1. The summed E-state index contributed by atoms with van der Waals surface area (Å²) in [5.74, 6) is 0. The minimum Gasteiger partial charge on any atom is -0.372 e. The van der Waals surface area contributed by atoms with Gasteiger partial charge in [-0.3, -0.25) is 4.68 Å². The Labute approximate surface area is 120 Å². The largest absolute Gasteiger partial charge is 0.372 e. The number of ether oxygens (including phenoxy) is 1. The van der Waals surface area contributed by atoms with Crippen LogP contribution in [0.5, 0.6) is 0 Å². The van der Waals surface area contributed by atoms with Gasteiger partial charge in [0.25, 0.3) is 0 Å². The third-order valence-electron chi connectivity index (χ3n) is 3.29. The first-order valence-corrected chi connectivity index (χ1v) is 7.20. The second-order valence-electron chi connectivity index (χ2n) is 4.85. The predicted molar refractivity (Wildman–Crippen MR) is 80.3 cm³/mol. The molecule has 0 fully saturated rings. The summed E-state index contributed by atoms with van der Waals surface area (Å²) < 4.78 is 7.79. The molecule has 0 amide bonds. The monoisotopic (exact) mass is 273 g/mol. The lowest BCUT2D eigenvalue weighted by atomic mass is 9.98. The summed E-state index contributed by atoms with van der Waals surface area (Å²) in [7, 11) is 0. The number of aryl methyl sites for hydroxylation is 1. The molecular formula is C16H23N3O. The minimum atomic E-state index is -0.206. The van der Waals surface area contributed by atoms with Gasteiger partial charge in [-0.15, -0.1) is 0 Å². The predicted octanol–water partition coefficient (Wildman–Crippen LogP) is 3.07. The van der Waals surface area contributed by atoms with Crippen molar-refractivity contribution >= 4 is 0 Å². The molecule has 0 saturated heterocycles. The molecule has 2 atom stereocenters. The molecule has 2 N–H and O–H groups in total. The second-order valence-corrected chi connectivity index (χ2v) is 4.85. The number of nitrogens with two attached hydrogens (primary N) is 1. The van der Waals surface area contributed by atoms with E-state index in [2.05, 4.69) is 24.2 Å². The number of nitrogens with zero attached hydrogens (tertiary/aromatic N) is 2. The molecule has 0 aliphatic carbocycles. The highest BCUT2D eigenvalue weighted by Gasteiger charge is 2.22. The third-order valence-corrected chi connectivity index (χ3v) is 3.29. The summed E-state index contributed by atoms with van der Waals surface area (Å²) in [6.07, 6.45) is 4.78. The lowest BCUT2D eigenvalue weighted by Gasteiger charge is -2.23. The van der Waals surface area contributed by atoms with E-state index in [0.29, 0.717) is 6.61 Å². The lowest BCUT2D eigenvalue weighted by Crippen LogP contribution is -2.22. The Kier molecular flexibility index (Phi) is 5.32. The molecular weight excluding hydrogens is 250 g/mol. The zero-order valence-electron chi connectivity index (χ0n) is 12.2. The minimum absolute atomic E-state index is 0.138. The summed E-state index contributed by atoms with van der Waals surface area (Å²) in [6.45, 7) is 5.67. The van der Waals surface area contributed by atoms with Gasteiger partial charge in [0.1, 0.15) is 6.10 Å². The van der Waals surface area contributed by atoms with E-state index in [4.69, 9.17) is 10.5 Å². The van der Waals surface area contributed by atoms with Crippen LogP contribution in [0, 0.1) is 0 Å². The van der Waals surface area contributed by atoms with E-state index < -0.39 is 0 Å². The van der Waals surface area contributed by atoms with Gasteiger partial charge in [-0.05, 0) is 18.9 Å². The maximum absolute atomic E-state index is 6.39. The zero-order valence-corrected chi connectivity index (χ0v) is 12.2. The average molecular weight is 273 g/mol. The first kappa shape index (κ1) is 14.8. The first-order chi connectivity index (χ1) is 9.76. The number of hydrogen-bond acceptors (Lipinski definition) is 3. The molecule has 0 bridgehead atoms. The van der Waals surface area contributed by atoms with Crippen LogP contribution < -0.4 is 5.73 Å². The van der Waals surface area contributed by atoms with E-state index in [-0.39, 0.29) is 12.1 Å². The van der Waals surface area contributed by atoms with Gasteiger partial charge in [-0.25, -0.2) is 0 Å². The van der Waals surface area contributed by atoms with Gasteiger partial charge < -0.3 is 10.5 Å². The molecule has 2 aromatic rings. The highest BCUT2D eigenvalue weighted by molar-refractivity contribution is 5.23. The van der Waals surface area contributed by atoms with E-state index in [9.17, 15) is 0 Å². The topological polar surface area (TPSA) is 53.1 Å². The van der Waals surface area contributed by atoms with E-state index in [1.54, 1.807) is 0 Å². The highest BCUT2D eigenvalue weighted by atomic mass is 16.5. The molecule has 4 nitrogen and oxygen atoms in total. The molecule has 4 heteroatoms. The molecule has 0 aliphatic heterocycles. The van der Waals surface area contributed by atoms with Gasteiger partial charge in [0.05, 0.1) is 12.2 Å². The molecule has 0 spiro atoms. The Morgan fingerprint density at radius 3 is 2.60 bits per heavy atom. The summed E-state index contributed by atoms with van der Waals surface area (Å²) in [5, 5.41) is 4.34. The maximum Gasteiger partial charge on any atom is 0.102 e. The van der Waals surface area contributed by atoms with Crippen LogP contribution in [0.2, 0.25) is 0 Å². The fourth-order valence-corrected chi connectivity index (χ4v) is 2.31. The smallest absolute Gasteiger partial charge is 0.102 e. The van der Waals surface area contributed by atoms with Crippen LogP contribution >= 0.6 is 0 Å². The Morgan fingerprint density at radius 2 is 1.95 bits per heavy atom. The van der Waals surface area contributed by atoms with E-state index in [1.165, 1.54) is 0 Å². The number of benzene rings is 1. The van der Waals surface area contributed by atoms with Crippen LogP contribution in [0.3, 0.4) is 0 Å². The van der Waals surface area contributed by atoms with Gasteiger partial charge >= 0.3 is 0 Å². The molecule has 0 saturated carbocycles. The second kappa shape index (κ2) is 7.22. The van der Waals surface area contributed by atoms with E-state index >= 15 is 0 Å². The molecule has 108 valence electrons. The summed E-state index contributed by atoms with van der Waals surface area (Å²) in [4.78, 5) is 0. The normalized spacial score (nSPS) is 14.2.